The maximum absolute atomic E-state index is 8.81. The van der Waals surface area contributed by atoms with Crippen molar-refractivity contribution in [2.24, 2.45) is 0 Å². The normalized spacial score (nSPS) is 11.6. The molecule has 1 aromatic carbocycles. The molecule has 1 N–H and O–H groups in total. The topological polar surface area (TPSA) is 68.4 Å². The maximum atomic E-state index is 8.81. The molecule has 0 fully saturated rings. The number of aromatic nitrogens is 2. The summed E-state index contributed by atoms with van der Waals surface area (Å²) in [6.45, 7) is 6.97. The van der Waals surface area contributed by atoms with Gasteiger partial charge in [-0.05, 0) is 17.0 Å². The number of para-hydroxylation sites is 1. The Hall–Kier alpha value is -1.88. The number of ether oxygens (including phenoxy) is 1. The zero-order valence-corrected chi connectivity index (χ0v) is 12.8. The predicted octanol–water partition coefficient (Wildman–Crippen LogP) is 2.52. The van der Waals surface area contributed by atoms with E-state index in [1.165, 1.54) is 5.56 Å². The minimum Gasteiger partial charge on any atom is -0.493 e. The molecule has 0 aliphatic rings. The highest BCUT2D eigenvalue weighted by Gasteiger charge is 2.18. The van der Waals surface area contributed by atoms with Crippen LogP contribution in [0.15, 0.2) is 28.7 Å². The summed E-state index contributed by atoms with van der Waals surface area (Å²) >= 11 is 0. The summed E-state index contributed by atoms with van der Waals surface area (Å²) in [4.78, 5) is 0. The van der Waals surface area contributed by atoms with E-state index in [0.717, 1.165) is 5.75 Å². The molecule has 114 valence electrons. The molecule has 0 saturated carbocycles. The number of nitrogens with zero attached hydrogens (tertiary/aromatic N) is 2. The van der Waals surface area contributed by atoms with Crippen LogP contribution >= 0.6 is 0 Å². The van der Waals surface area contributed by atoms with Gasteiger partial charge in [-0.1, -0.05) is 39.0 Å². The fourth-order valence-electron chi connectivity index (χ4n) is 2.05. The Morgan fingerprint density at radius 2 is 1.76 bits per heavy atom. The summed E-state index contributed by atoms with van der Waals surface area (Å²) in [6, 6.07) is 8.05. The van der Waals surface area contributed by atoms with Crippen LogP contribution in [0.4, 0.5) is 0 Å². The van der Waals surface area contributed by atoms with E-state index in [1.54, 1.807) is 0 Å². The molecular weight excluding hydrogens is 268 g/mol. The molecule has 0 saturated heterocycles. The second kappa shape index (κ2) is 6.72. The van der Waals surface area contributed by atoms with E-state index in [-0.39, 0.29) is 12.0 Å². The minimum atomic E-state index is 0.0110. The standard InChI is InChI=1S/C16H22N2O3/c1-16(2,3)12-6-4-5-7-13(12)20-11-9-15-18-17-14(21-15)8-10-19/h4-7,19H,8-11H2,1-3H3. The summed E-state index contributed by atoms with van der Waals surface area (Å²) in [6.07, 6.45) is 0.942. The first-order valence-electron chi connectivity index (χ1n) is 7.15. The first-order valence-corrected chi connectivity index (χ1v) is 7.15. The van der Waals surface area contributed by atoms with E-state index in [4.69, 9.17) is 14.3 Å². The molecule has 1 heterocycles. The van der Waals surface area contributed by atoms with Crippen molar-refractivity contribution in [2.45, 2.75) is 39.0 Å². The van der Waals surface area contributed by atoms with Crippen LogP contribution in [0.5, 0.6) is 5.75 Å². The number of aliphatic hydroxyl groups is 1. The van der Waals surface area contributed by atoms with Crippen LogP contribution in [0.1, 0.15) is 38.1 Å². The van der Waals surface area contributed by atoms with Crippen LogP contribution in [-0.2, 0) is 18.3 Å². The van der Waals surface area contributed by atoms with Gasteiger partial charge < -0.3 is 14.3 Å². The third-order valence-corrected chi connectivity index (χ3v) is 3.10. The third kappa shape index (κ3) is 4.29. The number of aliphatic hydroxyl groups excluding tert-OH is 1. The first kappa shape index (κ1) is 15.5. The summed E-state index contributed by atoms with van der Waals surface area (Å²) in [5.74, 6) is 1.88. The van der Waals surface area contributed by atoms with Crippen LogP contribution in [-0.4, -0.2) is 28.5 Å². The van der Waals surface area contributed by atoms with Crippen molar-refractivity contribution in [1.82, 2.24) is 10.2 Å². The molecule has 0 spiro atoms. The highest BCUT2D eigenvalue weighted by Crippen LogP contribution is 2.30. The van der Waals surface area contributed by atoms with E-state index in [0.29, 0.717) is 31.2 Å². The first-order chi connectivity index (χ1) is 10.0. The highest BCUT2D eigenvalue weighted by molar-refractivity contribution is 5.38. The van der Waals surface area contributed by atoms with Crippen molar-refractivity contribution in [3.8, 4) is 5.75 Å². The van der Waals surface area contributed by atoms with E-state index in [2.05, 4.69) is 37.0 Å². The van der Waals surface area contributed by atoms with Gasteiger partial charge in [0.1, 0.15) is 5.75 Å². The second-order valence-electron chi connectivity index (χ2n) is 5.91. The van der Waals surface area contributed by atoms with Crippen LogP contribution < -0.4 is 4.74 Å². The average Bonchev–Trinajstić information content (AvgIpc) is 2.86. The van der Waals surface area contributed by atoms with Gasteiger partial charge in [-0.15, -0.1) is 10.2 Å². The Labute approximate surface area is 125 Å². The molecule has 5 nitrogen and oxygen atoms in total. The van der Waals surface area contributed by atoms with Crippen LogP contribution in [0.2, 0.25) is 0 Å². The van der Waals surface area contributed by atoms with Crippen molar-refractivity contribution in [3.63, 3.8) is 0 Å². The van der Waals surface area contributed by atoms with E-state index < -0.39 is 0 Å². The lowest BCUT2D eigenvalue weighted by Crippen LogP contribution is -2.14. The fraction of sp³-hybridized carbons (Fsp3) is 0.500. The van der Waals surface area contributed by atoms with Crippen LogP contribution in [0.25, 0.3) is 0 Å². The van der Waals surface area contributed by atoms with Gasteiger partial charge in [0.05, 0.1) is 19.6 Å². The fourth-order valence-corrected chi connectivity index (χ4v) is 2.05. The van der Waals surface area contributed by atoms with Gasteiger partial charge in [-0.2, -0.15) is 0 Å². The number of hydrogen-bond donors (Lipinski definition) is 1. The molecule has 0 atom stereocenters. The molecule has 2 aromatic rings. The summed E-state index contributed by atoms with van der Waals surface area (Å²) in [7, 11) is 0. The lowest BCUT2D eigenvalue weighted by atomic mass is 9.86. The Balaban J connectivity index is 1.94. The zero-order valence-electron chi connectivity index (χ0n) is 12.8. The quantitative estimate of drug-likeness (QED) is 0.885. The molecule has 0 radical (unpaired) electrons. The Kier molecular flexibility index (Phi) is 4.96. The maximum Gasteiger partial charge on any atom is 0.219 e. The molecule has 0 aliphatic heterocycles. The molecule has 2 rings (SSSR count). The molecule has 0 aliphatic carbocycles. The van der Waals surface area contributed by atoms with Crippen molar-refractivity contribution >= 4 is 0 Å². The molecular formula is C16H22N2O3. The summed E-state index contributed by atoms with van der Waals surface area (Å²) in [5, 5.41) is 16.6. The second-order valence-corrected chi connectivity index (χ2v) is 5.91. The highest BCUT2D eigenvalue weighted by atomic mass is 16.5. The van der Waals surface area contributed by atoms with Gasteiger partial charge in [0, 0.05) is 6.42 Å². The number of benzene rings is 1. The van der Waals surface area contributed by atoms with Gasteiger partial charge >= 0.3 is 0 Å². The molecule has 5 heteroatoms. The van der Waals surface area contributed by atoms with Crippen LogP contribution in [0, 0.1) is 0 Å². The molecule has 0 bridgehead atoms. The van der Waals surface area contributed by atoms with Crippen molar-refractivity contribution < 1.29 is 14.3 Å². The third-order valence-electron chi connectivity index (χ3n) is 3.10. The average molecular weight is 290 g/mol. The number of rotatable bonds is 6. The smallest absolute Gasteiger partial charge is 0.219 e. The van der Waals surface area contributed by atoms with Gasteiger partial charge in [0.15, 0.2) is 0 Å². The van der Waals surface area contributed by atoms with Crippen LogP contribution in [0.3, 0.4) is 0 Å². The monoisotopic (exact) mass is 290 g/mol. The Morgan fingerprint density at radius 1 is 1.10 bits per heavy atom. The lowest BCUT2D eigenvalue weighted by Gasteiger charge is -2.22. The van der Waals surface area contributed by atoms with Gasteiger partial charge in [-0.3, -0.25) is 0 Å². The van der Waals surface area contributed by atoms with E-state index >= 15 is 0 Å². The van der Waals surface area contributed by atoms with E-state index in [9.17, 15) is 0 Å². The Bertz CT molecular complexity index is 573. The van der Waals surface area contributed by atoms with Crippen molar-refractivity contribution in [2.75, 3.05) is 13.2 Å². The lowest BCUT2D eigenvalue weighted by molar-refractivity contribution is 0.276. The Morgan fingerprint density at radius 3 is 2.43 bits per heavy atom. The molecule has 0 amide bonds. The minimum absolute atomic E-state index is 0.0110. The largest absolute Gasteiger partial charge is 0.493 e. The van der Waals surface area contributed by atoms with Gasteiger partial charge in [0.2, 0.25) is 11.8 Å². The van der Waals surface area contributed by atoms with Crippen molar-refractivity contribution in [1.29, 1.82) is 0 Å². The van der Waals surface area contributed by atoms with Gasteiger partial charge in [-0.25, -0.2) is 0 Å². The summed E-state index contributed by atoms with van der Waals surface area (Å²) < 4.78 is 11.3. The van der Waals surface area contributed by atoms with E-state index in [1.807, 2.05) is 18.2 Å². The zero-order chi connectivity index (χ0) is 15.3. The SMILES string of the molecule is CC(C)(C)c1ccccc1OCCc1nnc(CCO)o1. The summed E-state index contributed by atoms with van der Waals surface area (Å²) in [5.41, 5.74) is 1.21. The molecule has 21 heavy (non-hydrogen) atoms. The number of hydrogen-bond acceptors (Lipinski definition) is 5. The predicted molar refractivity (Wildman–Crippen MR) is 79.4 cm³/mol. The molecule has 1 aromatic heterocycles. The molecule has 0 unspecified atom stereocenters. The van der Waals surface area contributed by atoms with Gasteiger partial charge in [0.25, 0.3) is 0 Å². The van der Waals surface area contributed by atoms with Crippen molar-refractivity contribution in [3.05, 3.63) is 41.6 Å².